The Hall–Kier alpha value is -6.99. The van der Waals surface area contributed by atoms with Crippen molar-refractivity contribution in [2.75, 3.05) is 0 Å². The Morgan fingerprint density at radius 1 is 0.456 bits per heavy atom. The number of aromatic nitrogens is 2. The molecule has 0 saturated carbocycles. The summed E-state index contributed by atoms with van der Waals surface area (Å²) in [7, 11) is 0. The highest BCUT2D eigenvalue weighted by Gasteiger charge is 2.52. The van der Waals surface area contributed by atoms with Gasteiger partial charge in [-0.1, -0.05) is 46.3 Å². The van der Waals surface area contributed by atoms with Crippen LogP contribution in [-0.4, -0.2) is 17.1 Å². The van der Waals surface area contributed by atoms with Crippen molar-refractivity contribution in [1.29, 1.82) is 0 Å². The van der Waals surface area contributed by atoms with Crippen molar-refractivity contribution in [3.8, 4) is 5.75 Å². The summed E-state index contributed by atoms with van der Waals surface area (Å²) in [6.07, 6.45) is -2.11. The van der Waals surface area contributed by atoms with E-state index < -0.39 is 150 Å². The quantitative estimate of drug-likeness (QED) is 0.0290. The summed E-state index contributed by atoms with van der Waals surface area (Å²) in [6.45, 7) is 0.669. The lowest BCUT2D eigenvalue weighted by Crippen LogP contribution is -2.81. The molecule has 1 aromatic heterocycles. The van der Waals surface area contributed by atoms with E-state index in [9.17, 15) is 57.5 Å². The zero-order valence-corrected chi connectivity index (χ0v) is 33.9. The average molecular weight is 1050 g/mol. The molecule has 4 nitrogen and oxygen atoms in total. The van der Waals surface area contributed by atoms with E-state index in [1.165, 1.54) is 0 Å². The SMILES string of the molecule is Fc1c(F)c(F)c([B-](c2c(F)c(F)c(F)c(F)c2F)(c2c(F)c(F)c(F)c(F)c2F)c2c(F)c(F)c(F)c(F)c2F)c(F)c1F.O=C(Oc1ccc(Br)cc1)c1c[n+](Cc2ccccc2)ccn1. The van der Waals surface area contributed by atoms with Crippen LogP contribution in [-0.2, 0) is 6.54 Å². The molecule has 7 rings (SSSR count). The third-order valence-electron chi connectivity index (χ3n) is 9.91. The number of esters is 1. The first-order valence-electron chi connectivity index (χ1n) is 18.0. The maximum atomic E-state index is 15.4. The van der Waals surface area contributed by atoms with Gasteiger partial charge in [0.1, 0.15) is 58.4 Å². The molecule has 0 aliphatic carbocycles. The number of benzene rings is 6. The standard InChI is InChI=1S/C24BF20.C18H14BrN2O2/c26-5-1(6(27)14(35)21(42)13(5)34)25(2-7(28)15(36)22(43)16(37)8(2)29,3-9(30)17(38)23(44)18(39)10(3)31)4-11(32)19(40)24(45)20(41)12(4)33;19-15-6-8-16(9-7-15)23-18(22)17-13-21(11-10-20-17)12-14-4-2-1-3-5-14/h;1-11,13H,12H2/q-1;+1. The zero-order chi connectivity index (χ0) is 50.4. The second-order valence-corrected chi connectivity index (χ2v) is 14.7. The minimum absolute atomic E-state index is 0.270. The lowest BCUT2D eigenvalue weighted by molar-refractivity contribution is -0.689. The zero-order valence-electron chi connectivity index (χ0n) is 32.4. The number of carbonyl (C=O) groups excluding carboxylic acids is 1. The summed E-state index contributed by atoms with van der Waals surface area (Å²) >= 11 is 3.34. The first kappa shape index (κ1) is 50.4. The molecule has 0 amide bonds. The Kier molecular flexibility index (Phi) is 14.3. The minimum atomic E-state index is -7.22. The Labute approximate surface area is 373 Å². The highest BCUT2D eigenvalue weighted by Crippen LogP contribution is 2.31. The number of rotatable bonds is 8. The lowest BCUT2D eigenvalue weighted by atomic mass is 9.12. The van der Waals surface area contributed by atoms with Gasteiger partial charge in [-0.3, -0.25) is 0 Å². The van der Waals surface area contributed by atoms with Gasteiger partial charge < -0.3 is 4.74 Å². The molecule has 7 aromatic rings. The molecule has 0 unspecified atom stereocenters. The van der Waals surface area contributed by atoms with E-state index in [4.69, 9.17) is 4.74 Å². The maximum absolute atomic E-state index is 15.4. The molecule has 1 heterocycles. The Balaban J connectivity index is 0.000000276. The third-order valence-corrected chi connectivity index (χ3v) is 10.4. The number of ether oxygens (including phenoxy) is 1. The minimum Gasteiger partial charge on any atom is -0.422 e. The van der Waals surface area contributed by atoms with E-state index >= 15 is 35.1 Å². The van der Waals surface area contributed by atoms with Gasteiger partial charge in [0.25, 0.3) is 0 Å². The van der Waals surface area contributed by atoms with E-state index in [0.717, 1.165) is 10.0 Å². The number of carbonyl (C=O) groups is 1. The van der Waals surface area contributed by atoms with Crippen LogP contribution in [0, 0.1) is 116 Å². The summed E-state index contributed by atoms with van der Waals surface area (Å²) in [5, 5.41) is 0. The van der Waals surface area contributed by atoms with Gasteiger partial charge >= 0.3 is 5.97 Å². The van der Waals surface area contributed by atoms with Gasteiger partial charge in [0.2, 0.25) is 11.9 Å². The predicted octanol–water partition coefficient (Wildman–Crippen LogP) is 9.25. The number of hydrogen-bond acceptors (Lipinski definition) is 3. The first-order chi connectivity index (χ1) is 31.9. The Morgan fingerprint density at radius 3 is 1.09 bits per heavy atom. The highest BCUT2D eigenvalue weighted by atomic mass is 79.9. The fourth-order valence-electron chi connectivity index (χ4n) is 6.97. The van der Waals surface area contributed by atoms with Crippen LogP contribution in [0.25, 0.3) is 0 Å². The average Bonchev–Trinajstić information content (AvgIpc) is 3.32. The molecule has 0 aliphatic rings. The highest BCUT2D eigenvalue weighted by molar-refractivity contribution is 9.10. The summed E-state index contributed by atoms with van der Waals surface area (Å²) in [5.74, 6) is -71.4. The Bertz CT molecular complexity index is 2780. The van der Waals surface area contributed by atoms with Gasteiger partial charge in [0, 0.05) is 10.0 Å². The van der Waals surface area contributed by atoms with Crippen LogP contribution >= 0.6 is 15.9 Å². The van der Waals surface area contributed by atoms with Crippen molar-refractivity contribution in [1.82, 2.24) is 4.98 Å². The van der Waals surface area contributed by atoms with E-state index in [-0.39, 0.29) is 5.69 Å². The molecule has 0 N–H and O–H groups in total. The van der Waals surface area contributed by atoms with E-state index in [0.29, 0.717) is 12.3 Å². The van der Waals surface area contributed by atoms with Crippen LogP contribution < -0.4 is 31.2 Å². The molecule has 0 radical (unpaired) electrons. The van der Waals surface area contributed by atoms with Gasteiger partial charge in [-0.15, -0.1) is 21.9 Å². The fourth-order valence-corrected chi connectivity index (χ4v) is 7.23. The lowest BCUT2D eigenvalue weighted by Gasteiger charge is -2.44. The summed E-state index contributed by atoms with van der Waals surface area (Å²) in [4.78, 5) is 16.3. The molecule has 354 valence electrons. The second kappa shape index (κ2) is 19.3. The molecular formula is C42H14BBrF20N2O2. The van der Waals surface area contributed by atoms with Crippen LogP contribution in [0.4, 0.5) is 87.8 Å². The number of halogens is 21. The second-order valence-electron chi connectivity index (χ2n) is 13.7. The van der Waals surface area contributed by atoms with E-state index in [1.54, 1.807) is 24.5 Å². The summed E-state index contributed by atoms with van der Waals surface area (Å²) in [5.41, 5.74) is -12.9. The molecule has 0 bridgehead atoms. The van der Waals surface area contributed by atoms with Gasteiger partial charge in [-0.25, -0.2) is 97.6 Å². The van der Waals surface area contributed by atoms with Crippen molar-refractivity contribution in [2.45, 2.75) is 6.54 Å². The molecule has 0 spiro atoms. The topological polar surface area (TPSA) is 43.1 Å². The van der Waals surface area contributed by atoms with Crippen LogP contribution in [0.5, 0.6) is 5.75 Å². The monoisotopic (exact) mass is 1050 g/mol. The largest absolute Gasteiger partial charge is 0.422 e. The van der Waals surface area contributed by atoms with Crippen molar-refractivity contribution >= 4 is 49.9 Å². The first-order valence-corrected chi connectivity index (χ1v) is 18.8. The van der Waals surface area contributed by atoms with E-state index in [2.05, 4.69) is 20.9 Å². The van der Waals surface area contributed by atoms with Crippen LogP contribution in [0.3, 0.4) is 0 Å². The van der Waals surface area contributed by atoms with Gasteiger partial charge in [-0.2, -0.15) is 4.57 Å². The summed E-state index contributed by atoms with van der Waals surface area (Å²) < 4.78 is 302. The van der Waals surface area contributed by atoms with Crippen molar-refractivity contribution in [3.05, 3.63) is 205 Å². The summed E-state index contributed by atoms with van der Waals surface area (Å²) in [6, 6.07) is 17.1. The number of hydrogen-bond donors (Lipinski definition) is 0. The van der Waals surface area contributed by atoms with Crippen LogP contribution in [0.15, 0.2) is 77.7 Å². The maximum Gasteiger partial charge on any atom is 0.368 e. The Morgan fingerprint density at radius 2 is 0.765 bits per heavy atom. The molecule has 26 heteroatoms. The van der Waals surface area contributed by atoms with Crippen LogP contribution in [0.1, 0.15) is 16.1 Å². The third kappa shape index (κ3) is 8.48. The molecular weight excluding hydrogens is 1040 g/mol. The number of nitrogens with zero attached hydrogens (tertiary/aromatic N) is 2. The van der Waals surface area contributed by atoms with Crippen LogP contribution in [0.2, 0.25) is 0 Å². The van der Waals surface area contributed by atoms with Crippen molar-refractivity contribution in [3.63, 3.8) is 0 Å². The molecule has 0 fully saturated rings. The normalized spacial score (nSPS) is 11.4. The van der Waals surface area contributed by atoms with Gasteiger partial charge in [-0.05, 0) is 24.3 Å². The molecule has 0 atom stereocenters. The van der Waals surface area contributed by atoms with E-state index in [1.807, 2.05) is 53.2 Å². The van der Waals surface area contributed by atoms with Crippen molar-refractivity contribution in [2.24, 2.45) is 0 Å². The van der Waals surface area contributed by atoms with Crippen molar-refractivity contribution < 1.29 is 102 Å². The predicted molar refractivity (Wildman–Crippen MR) is 198 cm³/mol. The smallest absolute Gasteiger partial charge is 0.368 e. The molecule has 68 heavy (non-hydrogen) atoms. The van der Waals surface area contributed by atoms with Gasteiger partial charge in [0.15, 0.2) is 82.5 Å². The molecule has 0 aliphatic heterocycles. The van der Waals surface area contributed by atoms with Gasteiger partial charge in [0.05, 0.1) is 6.20 Å². The molecule has 6 aromatic carbocycles. The fraction of sp³-hybridized carbons (Fsp3) is 0.0238. The molecule has 0 saturated heterocycles.